The van der Waals surface area contributed by atoms with Crippen LogP contribution >= 0.6 is 0 Å². The number of methoxy groups -OCH3 is 2. The summed E-state index contributed by atoms with van der Waals surface area (Å²) in [5, 5.41) is 11.2. The molecule has 1 aliphatic rings. The number of ketones is 1. The second-order valence-corrected chi connectivity index (χ2v) is 7.74. The molecule has 1 saturated heterocycles. The summed E-state index contributed by atoms with van der Waals surface area (Å²) in [5.41, 5.74) is 0.909. The van der Waals surface area contributed by atoms with Crippen LogP contribution < -0.4 is 14.2 Å². The zero-order chi connectivity index (χ0) is 24.9. The van der Waals surface area contributed by atoms with Crippen molar-refractivity contribution >= 4 is 17.4 Å². The lowest BCUT2D eigenvalue weighted by atomic mass is 9.95. The molecule has 0 bridgehead atoms. The number of nitrogens with zero attached hydrogens (tertiary/aromatic N) is 1. The first-order valence-corrected chi connectivity index (χ1v) is 10.8. The molecule has 3 aromatic rings. The van der Waals surface area contributed by atoms with Gasteiger partial charge in [-0.3, -0.25) is 9.59 Å². The van der Waals surface area contributed by atoms with Gasteiger partial charge < -0.3 is 28.6 Å². The molecular formula is C27H25NO7. The third-order valence-electron chi connectivity index (χ3n) is 5.67. The number of ether oxygens (including phenoxy) is 3. The monoisotopic (exact) mass is 475 g/mol. The van der Waals surface area contributed by atoms with E-state index in [-0.39, 0.29) is 17.9 Å². The van der Waals surface area contributed by atoms with Gasteiger partial charge in [-0.05, 0) is 54.1 Å². The van der Waals surface area contributed by atoms with Gasteiger partial charge >= 0.3 is 0 Å². The third kappa shape index (κ3) is 4.63. The van der Waals surface area contributed by atoms with Crippen molar-refractivity contribution in [2.45, 2.75) is 12.6 Å². The zero-order valence-corrected chi connectivity index (χ0v) is 19.4. The lowest BCUT2D eigenvalue weighted by Gasteiger charge is -2.25. The summed E-state index contributed by atoms with van der Waals surface area (Å²) in [7, 11) is 3.01. The Morgan fingerprint density at radius 1 is 1.09 bits per heavy atom. The number of Topliss-reactive ketones (excluding diaryl/α,β-unsaturated/α-hetero) is 1. The quantitative estimate of drug-likeness (QED) is 0.211. The van der Waals surface area contributed by atoms with Crippen LogP contribution in [0, 0.1) is 0 Å². The number of likely N-dealkylation sites (tertiary alicyclic amines) is 1. The zero-order valence-electron chi connectivity index (χ0n) is 19.4. The summed E-state index contributed by atoms with van der Waals surface area (Å²) >= 11 is 0. The van der Waals surface area contributed by atoms with Gasteiger partial charge in [-0.1, -0.05) is 18.7 Å². The largest absolute Gasteiger partial charge is 0.507 e. The number of hydrogen-bond acceptors (Lipinski definition) is 7. The van der Waals surface area contributed by atoms with Crippen molar-refractivity contribution < 1.29 is 33.3 Å². The minimum absolute atomic E-state index is 0.0338. The highest BCUT2D eigenvalue weighted by atomic mass is 16.5. The fourth-order valence-electron chi connectivity index (χ4n) is 4.00. The molecule has 0 unspecified atom stereocenters. The van der Waals surface area contributed by atoms with E-state index >= 15 is 0 Å². The first-order valence-electron chi connectivity index (χ1n) is 10.8. The molecule has 8 heteroatoms. The molecule has 8 nitrogen and oxygen atoms in total. The second kappa shape index (κ2) is 10.2. The highest BCUT2D eigenvalue weighted by Gasteiger charge is 2.46. The van der Waals surface area contributed by atoms with Crippen LogP contribution in [0.1, 0.15) is 22.9 Å². The molecule has 35 heavy (non-hydrogen) atoms. The molecule has 1 N–H and O–H groups in total. The van der Waals surface area contributed by atoms with Crippen LogP contribution in [-0.2, 0) is 16.1 Å². The third-order valence-corrected chi connectivity index (χ3v) is 5.67. The highest BCUT2D eigenvalue weighted by molar-refractivity contribution is 6.46. The van der Waals surface area contributed by atoms with Crippen LogP contribution in [0.4, 0.5) is 0 Å². The topological polar surface area (TPSA) is 98.4 Å². The molecule has 0 saturated carbocycles. The van der Waals surface area contributed by atoms with Gasteiger partial charge in [0.15, 0.2) is 11.5 Å². The molecule has 0 spiro atoms. The average molecular weight is 475 g/mol. The van der Waals surface area contributed by atoms with E-state index in [0.29, 0.717) is 40.7 Å². The number of hydrogen-bond donors (Lipinski definition) is 1. The molecule has 1 aromatic heterocycles. The SMILES string of the molecule is C=CCOc1ccc(C(O)=C2C(=O)C(=O)N(Cc3ccco3)[C@@H]2c2ccc(OC)c(OC)c2)cc1. The van der Waals surface area contributed by atoms with E-state index in [9.17, 15) is 14.7 Å². The average Bonchev–Trinajstić information content (AvgIpc) is 3.49. The molecule has 180 valence electrons. The number of carbonyl (C=O) groups is 2. The predicted molar refractivity (Wildman–Crippen MR) is 128 cm³/mol. The van der Waals surface area contributed by atoms with Crippen LogP contribution in [0.5, 0.6) is 17.2 Å². The fourth-order valence-corrected chi connectivity index (χ4v) is 4.00. The molecule has 1 aliphatic heterocycles. The Morgan fingerprint density at radius 3 is 2.46 bits per heavy atom. The van der Waals surface area contributed by atoms with Crippen LogP contribution in [0.3, 0.4) is 0 Å². The molecule has 2 heterocycles. The maximum atomic E-state index is 13.2. The fraction of sp³-hybridized carbons (Fsp3) is 0.185. The van der Waals surface area contributed by atoms with E-state index in [2.05, 4.69) is 6.58 Å². The first-order chi connectivity index (χ1) is 17.0. The van der Waals surface area contributed by atoms with Crippen molar-refractivity contribution in [3.8, 4) is 17.2 Å². The van der Waals surface area contributed by atoms with Gasteiger partial charge in [0.2, 0.25) is 0 Å². The maximum absolute atomic E-state index is 13.2. The Kier molecular flexibility index (Phi) is 6.91. The van der Waals surface area contributed by atoms with Gasteiger partial charge in [-0.15, -0.1) is 0 Å². The molecule has 1 amide bonds. The van der Waals surface area contributed by atoms with Crippen molar-refractivity contribution in [1.29, 1.82) is 0 Å². The van der Waals surface area contributed by atoms with E-state index in [4.69, 9.17) is 18.6 Å². The Balaban J connectivity index is 1.82. The minimum atomic E-state index is -0.878. The predicted octanol–water partition coefficient (Wildman–Crippen LogP) is 4.48. The smallest absolute Gasteiger partial charge is 0.296 e. The van der Waals surface area contributed by atoms with Crippen molar-refractivity contribution in [2.24, 2.45) is 0 Å². The van der Waals surface area contributed by atoms with Crippen LogP contribution in [0.15, 0.2) is 83.5 Å². The number of benzene rings is 2. The van der Waals surface area contributed by atoms with Crippen LogP contribution in [0.25, 0.3) is 5.76 Å². The second-order valence-electron chi connectivity index (χ2n) is 7.74. The highest BCUT2D eigenvalue weighted by Crippen LogP contribution is 2.42. The first kappa shape index (κ1) is 23.7. The van der Waals surface area contributed by atoms with Crippen LogP contribution in [-0.4, -0.2) is 42.5 Å². The lowest BCUT2D eigenvalue weighted by Crippen LogP contribution is -2.29. The number of rotatable bonds is 9. The molecule has 2 aromatic carbocycles. The van der Waals surface area contributed by atoms with E-state index < -0.39 is 17.7 Å². The van der Waals surface area contributed by atoms with E-state index in [1.165, 1.54) is 25.4 Å². The van der Waals surface area contributed by atoms with Gasteiger partial charge in [0.05, 0.1) is 38.6 Å². The molecule has 4 rings (SSSR count). The number of carbonyl (C=O) groups excluding carboxylic acids is 2. The standard InChI is InChI=1S/C27H25NO7/c1-4-13-34-19-10-7-17(8-11-19)25(29)23-24(18-9-12-21(32-2)22(15-18)33-3)28(27(31)26(23)30)16-20-6-5-14-35-20/h4-12,14-15,24,29H,1,13,16H2,2-3H3/t24-/m1/s1. The number of furan rings is 1. The van der Waals surface area contributed by atoms with Crippen molar-refractivity contribution in [3.63, 3.8) is 0 Å². The van der Waals surface area contributed by atoms with E-state index in [1.807, 2.05) is 0 Å². The molecule has 1 fully saturated rings. The van der Waals surface area contributed by atoms with Crippen molar-refractivity contribution in [2.75, 3.05) is 20.8 Å². The van der Waals surface area contributed by atoms with Gasteiger partial charge in [0.1, 0.15) is 23.9 Å². The maximum Gasteiger partial charge on any atom is 0.296 e. The Hall–Kier alpha value is -4.46. The van der Waals surface area contributed by atoms with E-state index in [0.717, 1.165) is 0 Å². The van der Waals surface area contributed by atoms with Crippen molar-refractivity contribution in [3.05, 3.63) is 96.0 Å². The summed E-state index contributed by atoms with van der Waals surface area (Å²) in [6.07, 6.45) is 3.12. The Bertz CT molecular complexity index is 1260. The molecular weight excluding hydrogens is 450 g/mol. The minimum Gasteiger partial charge on any atom is -0.507 e. The number of aliphatic hydroxyl groups excluding tert-OH is 1. The normalized spacial score (nSPS) is 16.9. The van der Waals surface area contributed by atoms with E-state index in [1.54, 1.807) is 60.7 Å². The van der Waals surface area contributed by atoms with Gasteiger partial charge in [0, 0.05) is 5.56 Å². The summed E-state index contributed by atoms with van der Waals surface area (Å²) in [6.45, 7) is 3.99. The Morgan fingerprint density at radius 2 is 1.83 bits per heavy atom. The van der Waals surface area contributed by atoms with Gasteiger partial charge in [-0.25, -0.2) is 0 Å². The molecule has 1 atom stereocenters. The Labute approximate surface area is 202 Å². The number of amides is 1. The summed E-state index contributed by atoms with van der Waals surface area (Å²) < 4.78 is 21.7. The van der Waals surface area contributed by atoms with Gasteiger partial charge in [-0.2, -0.15) is 0 Å². The van der Waals surface area contributed by atoms with Crippen LogP contribution in [0.2, 0.25) is 0 Å². The summed E-state index contributed by atoms with van der Waals surface area (Å²) in [4.78, 5) is 27.7. The molecule has 0 aliphatic carbocycles. The summed E-state index contributed by atoms with van der Waals surface area (Å²) in [6, 6.07) is 14.2. The summed E-state index contributed by atoms with van der Waals surface area (Å²) in [5.74, 6) is 0.179. The van der Waals surface area contributed by atoms with Gasteiger partial charge in [0.25, 0.3) is 11.7 Å². The number of aliphatic hydroxyl groups is 1. The lowest BCUT2D eigenvalue weighted by molar-refractivity contribution is -0.140. The van der Waals surface area contributed by atoms with Crippen molar-refractivity contribution in [1.82, 2.24) is 4.90 Å². The molecule has 0 radical (unpaired) electrons.